The molecule has 4 heteroatoms. The third-order valence-corrected chi connectivity index (χ3v) is 24.1. The summed E-state index contributed by atoms with van der Waals surface area (Å²) in [6.45, 7) is 0. The molecule has 2 heterocycles. The molecule has 0 fully saturated rings. The monoisotopic (exact) mass is 1340 g/mol. The van der Waals surface area contributed by atoms with Crippen molar-refractivity contribution in [1.29, 1.82) is 0 Å². The first-order valence-electron chi connectivity index (χ1n) is 36.8. The van der Waals surface area contributed by atoms with E-state index in [0.29, 0.717) is 0 Å². The summed E-state index contributed by atoms with van der Waals surface area (Å²) in [4.78, 5) is 4.79. The summed E-state index contributed by atoms with van der Waals surface area (Å²) >= 11 is 0. The van der Waals surface area contributed by atoms with Crippen LogP contribution in [0.2, 0.25) is 0 Å². The lowest BCUT2D eigenvalue weighted by Gasteiger charge is -2.32. The predicted octanol–water partition coefficient (Wildman–Crippen LogP) is 27.4. The second kappa shape index (κ2) is 21.4. The van der Waals surface area contributed by atoms with E-state index in [1.807, 2.05) is 6.07 Å². The number of nitrogens with zero attached hydrogens (tertiary/aromatic N) is 2. The number of furan rings is 2. The molecule has 0 radical (unpaired) electrons. The molecule has 0 N–H and O–H groups in total. The molecule has 4 aliphatic rings. The van der Waals surface area contributed by atoms with Gasteiger partial charge in [-0.15, -0.1) is 0 Å². The minimum Gasteiger partial charge on any atom is -0.456 e. The molecule has 0 saturated carbocycles. The quantitative estimate of drug-likeness (QED) is 0.159. The van der Waals surface area contributed by atoms with E-state index in [1.165, 1.54) is 132 Å². The molecular weight excluding hydrogens is 1290 g/mol. The summed E-state index contributed by atoms with van der Waals surface area (Å²) < 4.78 is 13.8. The van der Waals surface area contributed by atoms with Gasteiger partial charge in [-0.05, 0) is 247 Å². The first-order chi connectivity index (χ1) is 52.5. The highest BCUT2D eigenvalue weighted by Gasteiger charge is 2.54. The van der Waals surface area contributed by atoms with Gasteiger partial charge in [0, 0.05) is 56.2 Å². The molecule has 0 atom stereocenters. The SMILES string of the molecule is c1ccc(N(c2ccc3c4c(ccc3c2)-c2cc3ccc(-c5cccc6c5oc5cccc(N(c7ccccc7)c7ccc8c9c(ccc8c7)-c7cc8ccccc8cc7C97c8ccccc8-c8ccccc87)c56)cc3cc2C42c3ccccc3-c3ccccc32)c2ccc3c(c2)oc2ccccc23)cc1. The third-order valence-electron chi connectivity index (χ3n) is 24.1. The van der Waals surface area contributed by atoms with Gasteiger partial charge in [-0.2, -0.15) is 0 Å². The fourth-order valence-corrected chi connectivity index (χ4v) is 19.9. The minimum absolute atomic E-state index is 0.515. The number of hydrogen-bond acceptors (Lipinski definition) is 4. The van der Waals surface area contributed by atoms with E-state index in [4.69, 9.17) is 8.83 Å². The molecule has 2 spiro atoms. The van der Waals surface area contributed by atoms with Gasteiger partial charge in [0.15, 0.2) is 0 Å². The highest BCUT2D eigenvalue weighted by molar-refractivity contribution is 6.18. The van der Waals surface area contributed by atoms with Crippen LogP contribution < -0.4 is 9.80 Å². The van der Waals surface area contributed by atoms with E-state index in [1.54, 1.807) is 0 Å². The fraction of sp³-hybridized carbons (Fsp3) is 0.0196. The summed E-state index contributed by atoms with van der Waals surface area (Å²) in [6.07, 6.45) is 0. The molecule has 106 heavy (non-hydrogen) atoms. The average Bonchev–Trinajstić information content (AvgIpc) is 1.50. The standard InChI is InChI=1S/C102H60N2O2/c1-3-23-68(24-4-1)103(72-47-52-81-80-31-13-18-39-94(80)105-96(81)60-72)70-45-50-73-65(54-70)43-48-83-86-57-63-41-42-64(53-67(63)59-92(86)102(99(73)83)89-36-16-11-29-78(89)79-30-12-17-37-90(79)102)75-32-19-33-84-97-93(38-20-40-95(97)106-100(75)84)104(69-25-5-2-6-26-69)71-46-51-74-66(55-71)44-49-82-85-56-61-21-7-8-22-62(61)58-91(85)101(98(74)82)87-34-14-9-27-76(87)77-28-10-15-35-88(77)101/h1-60H. The van der Waals surface area contributed by atoms with Crippen LogP contribution in [0.1, 0.15) is 44.5 Å². The zero-order valence-electron chi connectivity index (χ0n) is 57.4. The molecule has 4 nitrogen and oxygen atoms in total. The van der Waals surface area contributed by atoms with Gasteiger partial charge in [-0.1, -0.05) is 249 Å². The first kappa shape index (κ1) is 57.8. The summed E-state index contributed by atoms with van der Waals surface area (Å²) in [5.41, 5.74) is 31.7. The van der Waals surface area contributed by atoms with Crippen molar-refractivity contribution in [3.8, 4) is 55.6 Å². The summed E-state index contributed by atoms with van der Waals surface area (Å²) in [5, 5.41) is 14.0. The van der Waals surface area contributed by atoms with Gasteiger partial charge in [0.1, 0.15) is 22.3 Å². The Morgan fingerprint density at radius 2 is 0.651 bits per heavy atom. The summed E-state index contributed by atoms with van der Waals surface area (Å²) in [5.74, 6) is 0. The highest BCUT2D eigenvalue weighted by Crippen LogP contribution is 2.67. The van der Waals surface area contributed by atoms with Gasteiger partial charge in [-0.3, -0.25) is 0 Å². The Bertz CT molecular complexity index is 7150. The predicted molar refractivity (Wildman–Crippen MR) is 438 cm³/mol. The topological polar surface area (TPSA) is 32.8 Å². The van der Waals surface area contributed by atoms with Crippen molar-refractivity contribution in [3.63, 3.8) is 0 Å². The van der Waals surface area contributed by atoms with E-state index in [0.717, 1.165) is 89.1 Å². The zero-order chi connectivity index (χ0) is 69.1. The first-order valence-corrected chi connectivity index (χ1v) is 36.8. The van der Waals surface area contributed by atoms with Gasteiger partial charge >= 0.3 is 0 Å². The molecule has 2 aromatic heterocycles. The van der Waals surface area contributed by atoms with Crippen molar-refractivity contribution in [2.24, 2.45) is 0 Å². The number of fused-ring (bicyclic) bond motifs is 32. The molecule has 0 amide bonds. The van der Waals surface area contributed by atoms with Crippen LogP contribution in [0.4, 0.5) is 34.1 Å². The lowest BCUT2D eigenvalue weighted by molar-refractivity contribution is 0.669. The maximum atomic E-state index is 7.28. The van der Waals surface area contributed by atoms with Gasteiger partial charge in [0.05, 0.1) is 21.9 Å². The van der Waals surface area contributed by atoms with Crippen LogP contribution in [-0.2, 0) is 10.8 Å². The number of anilines is 6. The highest BCUT2D eigenvalue weighted by atomic mass is 16.3. The second-order valence-electron chi connectivity index (χ2n) is 29.2. The van der Waals surface area contributed by atoms with Crippen molar-refractivity contribution < 1.29 is 8.83 Å². The Labute approximate surface area is 610 Å². The Morgan fingerprint density at radius 3 is 1.26 bits per heavy atom. The molecule has 18 aromatic carbocycles. The number of rotatable bonds is 7. The Kier molecular flexibility index (Phi) is 11.7. The largest absolute Gasteiger partial charge is 0.456 e. The molecule has 0 saturated heterocycles. The van der Waals surface area contributed by atoms with Crippen LogP contribution in [0.15, 0.2) is 373 Å². The van der Waals surface area contributed by atoms with Crippen LogP contribution in [0.5, 0.6) is 0 Å². The normalized spacial score (nSPS) is 13.6. The number of hydrogen-bond donors (Lipinski definition) is 0. The van der Waals surface area contributed by atoms with Gasteiger partial charge < -0.3 is 18.6 Å². The maximum absolute atomic E-state index is 7.28. The van der Waals surface area contributed by atoms with Crippen molar-refractivity contribution in [2.75, 3.05) is 9.80 Å². The van der Waals surface area contributed by atoms with E-state index < -0.39 is 10.8 Å². The van der Waals surface area contributed by atoms with Crippen molar-refractivity contribution in [2.45, 2.75) is 10.8 Å². The van der Waals surface area contributed by atoms with Crippen LogP contribution in [-0.4, -0.2) is 0 Å². The summed E-state index contributed by atoms with van der Waals surface area (Å²) in [7, 11) is 0. The molecule has 20 aromatic rings. The Hall–Kier alpha value is -13.8. The Morgan fingerprint density at radius 1 is 0.208 bits per heavy atom. The average molecular weight is 1350 g/mol. The molecule has 490 valence electrons. The van der Waals surface area contributed by atoms with Crippen molar-refractivity contribution >= 4 is 121 Å². The number of benzene rings is 18. The van der Waals surface area contributed by atoms with Crippen LogP contribution >= 0.6 is 0 Å². The molecule has 24 rings (SSSR count). The maximum Gasteiger partial charge on any atom is 0.143 e. The van der Waals surface area contributed by atoms with E-state index in [2.05, 4.69) is 368 Å². The molecule has 4 aliphatic carbocycles. The number of para-hydroxylation sites is 4. The molecular formula is C102H60N2O2. The van der Waals surface area contributed by atoms with E-state index in [9.17, 15) is 0 Å². The zero-order valence-corrected chi connectivity index (χ0v) is 57.4. The Balaban J connectivity index is 0.651. The smallest absolute Gasteiger partial charge is 0.143 e. The van der Waals surface area contributed by atoms with Gasteiger partial charge in [0.25, 0.3) is 0 Å². The van der Waals surface area contributed by atoms with Crippen LogP contribution in [0.25, 0.3) is 143 Å². The van der Waals surface area contributed by atoms with Crippen molar-refractivity contribution in [3.05, 3.63) is 408 Å². The lowest BCUT2D eigenvalue weighted by atomic mass is 9.69. The van der Waals surface area contributed by atoms with E-state index in [-0.39, 0.29) is 0 Å². The van der Waals surface area contributed by atoms with Crippen LogP contribution in [0, 0.1) is 0 Å². The molecule has 0 aliphatic heterocycles. The van der Waals surface area contributed by atoms with Crippen molar-refractivity contribution in [1.82, 2.24) is 0 Å². The second-order valence-corrected chi connectivity index (χ2v) is 29.2. The van der Waals surface area contributed by atoms with Gasteiger partial charge in [-0.25, -0.2) is 0 Å². The summed E-state index contributed by atoms with van der Waals surface area (Å²) in [6, 6.07) is 136. The minimum atomic E-state index is -0.614. The van der Waals surface area contributed by atoms with E-state index >= 15 is 0 Å². The van der Waals surface area contributed by atoms with Gasteiger partial charge in [0.2, 0.25) is 0 Å². The molecule has 0 unspecified atom stereocenters. The van der Waals surface area contributed by atoms with Crippen LogP contribution in [0.3, 0.4) is 0 Å². The molecule has 0 bridgehead atoms. The fourth-order valence-electron chi connectivity index (χ4n) is 19.9. The third kappa shape index (κ3) is 7.65. The lowest BCUT2D eigenvalue weighted by Crippen LogP contribution is -2.26.